The standard InChI is InChI=1S/C30H34N4O3S/c35-38(36,30-22-26(24-7-2-1-3-8-24)21-27-23-32-14-12-28(27)30)33-16-15-31-13-6-10-25-9-4-5-11-29(25)34-17-19-37-20-18-34/h1-5,7-9,11-12,14,21-23,31,33H,6,10,13,15-20H2. The van der Waals surface area contributed by atoms with Gasteiger partial charge in [-0.2, -0.15) is 0 Å². The van der Waals surface area contributed by atoms with E-state index in [1.165, 1.54) is 11.3 Å². The maximum atomic E-state index is 13.3. The Balaban J connectivity index is 1.16. The summed E-state index contributed by atoms with van der Waals surface area (Å²) >= 11 is 0. The number of ether oxygens (including phenoxy) is 1. The molecule has 4 aromatic rings. The van der Waals surface area contributed by atoms with E-state index < -0.39 is 10.0 Å². The largest absolute Gasteiger partial charge is 0.378 e. The van der Waals surface area contributed by atoms with Crippen molar-refractivity contribution in [1.29, 1.82) is 0 Å². The highest BCUT2D eigenvalue weighted by Gasteiger charge is 2.19. The monoisotopic (exact) mass is 530 g/mol. The number of fused-ring (bicyclic) bond motifs is 1. The molecule has 1 saturated heterocycles. The Labute approximate surface area is 224 Å². The lowest BCUT2D eigenvalue weighted by molar-refractivity contribution is 0.122. The second kappa shape index (κ2) is 12.5. The van der Waals surface area contributed by atoms with Crippen LogP contribution in [-0.2, 0) is 21.2 Å². The van der Waals surface area contributed by atoms with Crippen LogP contribution in [0.5, 0.6) is 0 Å². The SMILES string of the molecule is O=S(=O)(NCCNCCCc1ccccc1N1CCOCC1)c1cc(-c2ccccc2)cc2cnccc12. The molecule has 0 amide bonds. The number of pyridine rings is 1. The van der Waals surface area contributed by atoms with Crippen molar-refractivity contribution in [2.24, 2.45) is 0 Å². The van der Waals surface area contributed by atoms with Gasteiger partial charge in [0.2, 0.25) is 10.0 Å². The molecule has 0 atom stereocenters. The van der Waals surface area contributed by atoms with E-state index in [9.17, 15) is 8.42 Å². The predicted molar refractivity (Wildman–Crippen MR) is 153 cm³/mol. The van der Waals surface area contributed by atoms with Crippen LogP contribution in [0.4, 0.5) is 5.69 Å². The molecular weight excluding hydrogens is 496 g/mol. The number of aromatic nitrogens is 1. The summed E-state index contributed by atoms with van der Waals surface area (Å²) in [6.07, 6.45) is 5.28. The molecule has 1 aliphatic rings. The van der Waals surface area contributed by atoms with Crippen LogP contribution in [0.25, 0.3) is 21.9 Å². The van der Waals surface area contributed by atoms with Crippen LogP contribution < -0.4 is 14.9 Å². The number of benzene rings is 3. The van der Waals surface area contributed by atoms with Gasteiger partial charge in [-0.15, -0.1) is 0 Å². The fourth-order valence-corrected chi connectivity index (χ4v) is 6.19. The maximum absolute atomic E-state index is 13.3. The van der Waals surface area contributed by atoms with Crippen molar-refractivity contribution in [2.75, 3.05) is 50.8 Å². The van der Waals surface area contributed by atoms with E-state index in [0.29, 0.717) is 18.5 Å². The third kappa shape index (κ3) is 6.39. The Hall–Kier alpha value is -3.30. The number of aryl methyl sites for hydroxylation is 1. The first-order valence-corrected chi connectivity index (χ1v) is 14.6. The van der Waals surface area contributed by atoms with E-state index in [1.807, 2.05) is 36.4 Å². The zero-order valence-electron chi connectivity index (χ0n) is 21.5. The lowest BCUT2D eigenvalue weighted by atomic mass is 10.0. The number of rotatable bonds is 11. The molecule has 198 valence electrons. The summed E-state index contributed by atoms with van der Waals surface area (Å²) in [5.41, 5.74) is 4.45. The summed E-state index contributed by atoms with van der Waals surface area (Å²) < 4.78 is 34.9. The third-order valence-corrected chi connectivity index (χ3v) is 8.35. The van der Waals surface area contributed by atoms with Crippen molar-refractivity contribution in [1.82, 2.24) is 15.0 Å². The van der Waals surface area contributed by atoms with Gasteiger partial charge < -0.3 is 15.0 Å². The second-order valence-electron chi connectivity index (χ2n) is 9.42. The Kier molecular flexibility index (Phi) is 8.65. The fourth-order valence-electron chi connectivity index (χ4n) is 4.91. The summed E-state index contributed by atoms with van der Waals surface area (Å²) in [4.78, 5) is 6.87. The van der Waals surface area contributed by atoms with Gasteiger partial charge in [0.1, 0.15) is 0 Å². The van der Waals surface area contributed by atoms with Crippen LogP contribution in [0.3, 0.4) is 0 Å². The minimum atomic E-state index is -3.70. The highest BCUT2D eigenvalue weighted by Crippen LogP contribution is 2.30. The van der Waals surface area contributed by atoms with Crippen LogP contribution in [0, 0.1) is 0 Å². The predicted octanol–water partition coefficient (Wildman–Crippen LogP) is 4.24. The highest BCUT2D eigenvalue weighted by atomic mass is 32.2. The van der Waals surface area contributed by atoms with Crippen molar-refractivity contribution < 1.29 is 13.2 Å². The molecule has 0 unspecified atom stereocenters. The first kappa shape index (κ1) is 26.3. The molecule has 0 bridgehead atoms. The van der Waals surface area contributed by atoms with E-state index in [-0.39, 0.29) is 4.90 Å². The quantitative estimate of drug-likeness (QED) is 0.282. The maximum Gasteiger partial charge on any atom is 0.241 e. The van der Waals surface area contributed by atoms with E-state index in [0.717, 1.165) is 62.2 Å². The second-order valence-corrected chi connectivity index (χ2v) is 11.2. The van der Waals surface area contributed by atoms with Crippen molar-refractivity contribution >= 4 is 26.5 Å². The van der Waals surface area contributed by atoms with Gasteiger partial charge in [0.15, 0.2) is 0 Å². The molecule has 3 aromatic carbocycles. The molecule has 0 spiro atoms. The normalized spacial score (nSPS) is 14.2. The number of morpholine rings is 1. The minimum absolute atomic E-state index is 0.274. The Bertz CT molecular complexity index is 1460. The molecule has 2 heterocycles. The summed E-state index contributed by atoms with van der Waals surface area (Å²) in [5, 5.41) is 4.84. The number of hydrogen-bond donors (Lipinski definition) is 2. The lowest BCUT2D eigenvalue weighted by Crippen LogP contribution is -2.36. The first-order valence-electron chi connectivity index (χ1n) is 13.2. The van der Waals surface area contributed by atoms with Gasteiger partial charge in [0.25, 0.3) is 0 Å². The van der Waals surface area contributed by atoms with Gasteiger partial charge in [-0.1, -0.05) is 48.5 Å². The van der Waals surface area contributed by atoms with Crippen LogP contribution in [0.1, 0.15) is 12.0 Å². The van der Waals surface area contributed by atoms with E-state index in [4.69, 9.17) is 4.74 Å². The van der Waals surface area contributed by atoms with Crippen LogP contribution in [0.2, 0.25) is 0 Å². The lowest BCUT2D eigenvalue weighted by Gasteiger charge is -2.30. The topological polar surface area (TPSA) is 83.6 Å². The number of nitrogens with one attached hydrogen (secondary N) is 2. The van der Waals surface area contributed by atoms with Gasteiger partial charge >= 0.3 is 0 Å². The van der Waals surface area contributed by atoms with Crippen LogP contribution in [-0.4, -0.2) is 59.3 Å². The molecule has 8 heteroatoms. The first-order chi connectivity index (χ1) is 18.6. The van der Waals surface area contributed by atoms with Crippen molar-refractivity contribution in [2.45, 2.75) is 17.7 Å². The minimum Gasteiger partial charge on any atom is -0.378 e. The van der Waals surface area contributed by atoms with Gasteiger partial charge in [-0.25, -0.2) is 13.1 Å². The van der Waals surface area contributed by atoms with Crippen LogP contribution >= 0.6 is 0 Å². The summed E-state index contributed by atoms with van der Waals surface area (Å²) in [6, 6.07) is 23.8. The zero-order chi connectivity index (χ0) is 26.2. The Morgan fingerprint density at radius 2 is 1.66 bits per heavy atom. The van der Waals surface area contributed by atoms with E-state index >= 15 is 0 Å². The summed E-state index contributed by atoms with van der Waals surface area (Å²) in [5.74, 6) is 0. The summed E-state index contributed by atoms with van der Waals surface area (Å²) in [6.45, 7) is 5.09. The van der Waals surface area contributed by atoms with E-state index in [2.05, 4.69) is 44.2 Å². The Morgan fingerprint density at radius 3 is 2.50 bits per heavy atom. The highest BCUT2D eigenvalue weighted by molar-refractivity contribution is 7.89. The molecular formula is C30H34N4O3S. The molecule has 38 heavy (non-hydrogen) atoms. The molecule has 1 aromatic heterocycles. The van der Waals surface area contributed by atoms with Gasteiger partial charge in [0.05, 0.1) is 18.1 Å². The molecule has 0 aliphatic carbocycles. The number of nitrogens with zero attached hydrogens (tertiary/aromatic N) is 2. The van der Waals surface area contributed by atoms with Gasteiger partial charge in [-0.3, -0.25) is 4.98 Å². The molecule has 5 rings (SSSR count). The zero-order valence-corrected chi connectivity index (χ0v) is 22.3. The van der Waals surface area contributed by atoms with Gasteiger partial charge in [0, 0.05) is 55.0 Å². The molecule has 1 aliphatic heterocycles. The van der Waals surface area contributed by atoms with Crippen molar-refractivity contribution in [3.63, 3.8) is 0 Å². The number of sulfonamides is 1. The smallest absolute Gasteiger partial charge is 0.241 e. The number of hydrogen-bond acceptors (Lipinski definition) is 6. The number of para-hydroxylation sites is 1. The fraction of sp³-hybridized carbons (Fsp3) is 0.300. The van der Waals surface area contributed by atoms with Gasteiger partial charge in [-0.05, 0) is 60.3 Å². The molecule has 7 nitrogen and oxygen atoms in total. The number of anilines is 1. The average molecular weight is 531 g/mol. The third-order valence-electron chi connectivity index (χ3n) is 6.85. The molecule has 1 fully saturated rings. The molecule has 0 radical (unpaired) electrons. The van der Waals surface area contributed by atoms with Crippen LogP contribution in [0.15, 0.2) is 90.1 Å². The summed E-state index contributed by atoms with van der Waals surface area (Å²) in [7, 11) is -3.70. The molecule has 2 N–H and O–H groups in total. The molecule has 0 saturated carbocycles. The Morgan fingerprint density at radius 1 is 0.868 bits per heavy atom. The van der Waals surface area contributed by atoms with Crippen molar-refractivity contribution in [3.05, 3.63) is 90.8 Å². The average Bonchev–Trinajstić information content (AvgIpc) is 2.97. The van der Waals surface area contributed by atoms with Crippen molar-refractivity contribution in [3.8, 4) is 11.1 Å². The van der Waals surface area contributed by atoms with E-state index in [1.54, 1.807) is 24.5 Å².